The van der Waals surface area contributed by atoms with E-state index in [4.69, 9.17) is 4.52 Å². The SMILES string of the molecule is CCCCc1noc(C(C)(C)C2CCCNC2)n1. The van der Waals surface area contributed by atoms with E-state index in [1.54, 1.807) is 0 Å². The molecule has 2 heterocycles. The summed E-state index contributed by atoms with van der Waals surface area (Å²) >= 11 is 0. The second-order valence-electron chi connectivity index (χ2n) is 5.88. The van der Waals surface area contributed by atoms with Crippen molar-refractivity contribution >= 4 is 0 Å². The predicted octanol–water partition coefficient (Wildman–Crippen LogP) is 2.69. The van der Waals surface area contributed by atoms with Gasteiger partial charge in [-0.05, 0) is 38.3 Å². The Balaban J connectivity index is 2.05. The van der Waals surface area contributed by atoms with Crippen molar-refractivity contribution in [2.75, 3.05) is 13.1 Å². The molecular weight excluding hydrogens is 226 g/mol. The Morgan fingerprint density at radius 3 is 2.94 bits per heavy atom. The van der Waals surface area contributed by atoms with E-state index < -0.39 is 0 Å². The highest BCUT2D eigenvalue weighted by atomic mass is 16.5. The number of hydrogen-bond donors (Lipinski definition) is 1. The molecule has 1 unspecified atom stereocenters. The number of aryl methyl sites for hydroxylation is 1. The summed E-state index contributed by atoms with van der Waals surface area (Å²) in [5.41, 5.74) is -0.0229. The fraction of sp³-hybridized carbons (Fsp3) is 0.857. The molecule has 4 nitrogen and oxygen atoms in total. The largest absolute Gasteiger partial charge is 0.339 e. The van der Waals surface area contributed by atoms with Gasteiger partial charge in [0, 0.05) is 11.8 Å². The second-order valence-corrected chi connectivity index (χ2v) is 5.88. The van der Waals surface area contributed by atoms with Gasteiger partial charge in [-0.15, -0.1) is 0 Å². The standard InChI is InChI=1S/C14H25N3O/c1-4-5-8-12-16-13(18-17-12)14(2,3)11-7-6-9-15-10-11/h11,15H,4-10H2,1-3H3. The number of unbranched alkanes of at least 4 members (excludes halogenated alkanes) is 1. The normalized spacial score (nSPS) is 21.2. The molecule has 1 saturated heterocycles. The van der Waals surface area contributed by atoms with Crippen LogP contribution in [0.2, 0.25) is 0 Å². The van der Waals surface area contributed by atoms with Crippen LogP contribution in [-0.2, 0) is 11.8 Å². The van der Waals surface area contributed by atoms with Crippen molar-refractivity contribution in [1.82, 2.24) is 15.5 Å². The molecule has 0 spiro atoms. The van der Waals surface area contributed by atoms with Crippen molar-refractivity contribution in [1.29, 1.82) is 0 Å². The maximum atomic E-state index is 5.49. The van der Waals surface area contributed by atoms with Crippen LogP contribution >= 0.6 is 0 Å². The molecule has 1 N–H and O–H groups in total. The van der Waals surface area contributed by atoms with Crippen molar-refractivity contribution in [3.8, 4) is 0 Å². The average Bonchev–Trinajstić information content (AvgIpc) is 2.87. The molecule has 0 saturated carbocycles. The first kappa shape index (κ1) is 13.5. The summed E-state index contributed by atoms with van der Waals surface area (Å²) in [7, 11) is 0. The molecule has 0 bridgehead atoms. The highest BCUT2D eigenvalue weighted by Gasteiger charge is 2.37. The monoisotopic (exact) mass is 251 g/mol. The fourth-order valence-corrected chi connectivity index (χ4v) is 2.59. The maximum Gasteiger partial charge on any atom is 0.232 e. The molecule has 1 atom stereocenters. The minimum absolute atomic E-state index is 0.0229. The Hall–Kier alpha value is -0.900. The number of hydrogen-bond acceptors (Lipinski definition) is 4. The number of nitrogens with one attached hydrogen (secondary N) is 1. The molecule has 18 heavy (non-hydrogen) atoms. The number of nitrogens with zero attached hydrogens (tertiary/aromatic N) is 2. The first-order valence-corrected chi connectivity index (χ1v) is 7.18. The molecule has 2 rings (SSSR count). The van der Waals surface area contributed by atoms with Gasteiger partial charge in [0.15, 0.2) is 5.82 Å². The van der Waals surface area contributed by atoms with Gasteiger partial charge in [-0.2, -0.15) is 4.98 Å². The summed E-state index contributed by atoms with van der Waals surface area (Å²) in [5, 5.41) is 7.57. The number of aromatic nitrogens is 2. The van der Waals surface area contributed by atoms with Gasteiger partial charge in [-0.1, -0.05) is 32.3 Å². The predicted molar refractivity (Wildman–Crippen MR) is 71.5 cm³/mol. The van der Waals surface area contributed by atoms with Gasteiger partial charge in [0.2, 0.25) is 5.89 Å². The summed E-state index contributed by atoms with van der Waals surface area (Å²) in [5.74, 6) is 2.26. The Labute approximate surface area is 110 Å². The van der Waals surface area contributed by atoms with Gasteiger partial charge in [-0.3, -0.25) is 0 Å². The zero-order chi connectivity index (χ0) is 13.0. The molecule has 0 amide bonds. The van der Waals surface area contributed by atoms with E-state index in [2.05, 4.69) is 36.2 Å². The van der Waals surface area contributed by atoms with E-state index in [0.29, 0.717) is 5.92 Å². The molecular formula is C14H25N3O. The van der Waals surface area contributed by atoms with E-state index in [1.165, 1.54) is 19.3 Å². The van der Waals surface area contributed by atoms with Crippen LogP contribution in [0.1, 0.15) is 58.2 Å². The third-order valence-corrected chi connectivity index (χ3v) is 4.09. The van der Waals surface area contributed by atoms with Crippen LogP contribution in [0.15, 0.2) is 4.52 Å². The molecule has 0 aliphatic carbocycles. The first-order valence-electron chi connectivity index (χ1n) is 7.18. The van der Waals surface area contributed by atoms with Crippen LogP contribution in [0.5, 0.6) is 0 Å². The van der Waals surface area contributed by atoms with Crippen molar-refractivity contribution in [2.24, 2.45) is 5.92 Å². The minimum Gasteiger partial charge on any atom is -0.339 e. The quantitative estimate of drug-likeness (QED) is 0.874. The van der Waals surface area contributed by atoms with Gasteiger partial charge < -0.3 is 9.84 Å². The van der Waals surface area contributed by atoms with E-state index in [0.717, 1.165) is 37.6 Å². The lowest BCUT2D eigenvalue weighted by Crippen LogP contribution is -2.40. The van der Waals surface area contributed by atoms with Crippen LogP contribution in [0.25, 0.3) is 0 Å². The van der Waals surface area contributed by atoms with Crippen LogP contribution in [0.3, 0.4) is 0 Å². The molecule has 1 aliphatic heterocycles. The zero-order valence-electron chi connectivity index (χ0n) is 11.8. The lowest BCUT2D eigenvalue weighted by molar-refractivity contribution is 0.196. The van der Waals surface area contributed by atoms with E-state index >= 15 is 0 Å². The third kappa shape index (κ3) is 2.91. The molecule has 0 aromatic carbocycles. The van der Waals surface area contributed by atoms with Crippen LogP contribution in [0.4, 0.5) is 0 Å². The molecule has 1 fully saturated rings. The average molecular weight is 251 g/mol. The summed E-state index contributed by atoms with van der Waals surface area (Å²) in [6.45, 7) is 8.82. The van der Waals surface area contributed by atoms with Crippen LogP contribution in [-0.4, -0.2) is 23.2 Å². The van der Waals surface area contributed by atoms with Crippen molar-refractivity contribution in [2.45, 2.75) is 58.3 Å². The Bertz CT molecular complexity index is 367. The minimum atomic E-state index is -0.0229. The Morgan fingerprint density at radius 2 is 2.28 bits per heavy atom. The number of piperidine rings is 1. The maximum absolute atomic E-state index is 5.49. The van der Waals surface area contributed by atoms with Crippen molar-refractivity contribution in [3.05, 3.63) is 11.7 Å². The highest BCUT2D eigenvalue weighted by Crippen LogP contribution is 2.34. The van der Waals surface area contributed by atoms with Crippen LogP contribution in [0, 0.1) is 5.92 Å². The van der Waals surface area contributed by atoms with Gasteiger partial charge >= 0.3 is 0 Å². The second kappa shape index (κ2) is 5.83. The molecule has 102 valence electrons. The van der Waals surface area contributed by atoms with Gasteiger partial charge in [0.25, 0.3) is 0 Å². The lowest BCUT2D eigenvalue weighted by Gasteiger charge is -2.34. The highest BCUT2D eigenvalue weighted by molar-refractivity contribution is 5.05. The zero-order valence-corrected chi connectivity index (χ0v) is 11.8. The summed E-state index contributed by atoms with van der Waals surface area (Å²) in [6, 6.07) is 0. The van der Waals surface area contributed by atoms with E-state index in [9.17, 15) is 0 Å². The smallest absolute Gasteiger partial charge is 0.232 e. The lowest BCUT2D eigenvalue weighted by atomic mass is 9.75. The summed E-state index contributed by atoms with van der Waals surface area (Å²) in [6.07, 6.45) is 5.71. The summed E-state index contributed by atoms with van der Waals surface area (Å²) in [4.78, 5) is 4.59. The Morgan fingerprint density at radius 1 is 1.44 bits per heavy atom. The van der Waals surface area contributed by atoms with Crippen molar-refractivity contribution < 1.29 is 4.52 Å². The Kier molecular flexibility index (Phi) is 4.38. The van der Waals surface area contributed by atoms with E-state index in [-0.39, 0.29) is 5.41 Å². The van der Waals surface area contributed by atoms with Gasteiger partial charge in [0.05, 0.1) is 0 Å². The van der Waals surface area contributed by atoms with Crippen molar-refractivity contribution in [3.63, 3.8) is 0 Å². The number of rotatable bonds is 5. The van der Waals surface area contributed by atoms with Crippen LogP contribution < -0.4 is 5.32 Å². The topological polar surface area (TPSA) is 51.0 Å². The third-order valence-electron chi connectivity index (χ3n) is 4.09. The van der Waals surface area contributed by atoms with E-state index in [1.807, 2.05) is 0 Å². The van der Waals surface area contributed by atoms with Gasteiger partial charge in [-0.25, -0.2) is 0 Å². The van der Waals surface area contributed by atoms with Gasteiger partial charge in [0.1, 0.15) is 0 Å². The fourth-order valence-electron chi connectivity index (χ4n) is 2.59. The first-order chi connectivity index (χ1) is 8.64. The molecule has 0 radical (unpaired) electrons. The molecule has 1 aliphatic rings. The molecule has 4 heteroatoms. The molecule has 1 aromatic heterocycles. The molecule has 1 aromatic rings. The summed E-state index contributed by atoms with van der Waals surface area (Å²) < 4.78 is 5.49.